The third-order valence-corrected chi connectivity index (χ3v) is 3.96. The van der Waals surface area contributed by atoms with E-state index in [0.29, 0.717) is 10.7 Å². The number of nitrogens with one attached hydrogen (secondary N) is 1. The molecule has 0 spiro atoms. The molecule has 5 nitrogen and oxygen atoms in total. The largest absolute Gasteiger partial charge is 0.352 e. The van der Waals surface area contributed by atoms with Crippen molar-refractivity contribution < 1.29 is 9.59 Å². The van der Waals surface area contributed by atoms with Crippen LogP contribution in [-0.4, -0.2) is 27.7 Å². The lowest BCUT2D eigenvalue weighted by atomic mass is 10.2. The van der Waals surface area contributed by atoms with Gasteiger partial charge in [0.25, 0.3) is 11.1 Å². The van der Waals surface area contributed by atoms with Crippen LogP contribution >= 0.6 is 11.8 Å². The van der Waals surface area contributed by atoms with Crippen molar-refractivity contribution >= 4 is 34.8 Å². The van der Waals surface area contributed by atoms with Crippen LogP contribution in [0, 0.1) is 0 Å². The lowest BCUT2D eigenvalue weighted by molar-refractivity contribution is -0.122. The molecule has 0 aliphatic carbocycles. The first-order chi connectivity index (χ1) is 10.7. The Balaban J connectivity index is 1.71. The molecular weight excluding hydrogens is 298 g/mol. The van der Waals surface area contributed by atoms with Crippen molar-refractivity contribution in [2.24, 2.45) is 0 Å². The fourth-order valence-electron chi connectivity index (χ4n) is 1.96. The van der Waals surface area contributed by atoms with Gasteiger partial charge in [-0.15, -0.1) is 0 Å². The second-order valence-corrected chi connectivity index (χ2v) is 5.56. The highest BCUT2D eigenvalue weighted by Gasteiger charge is 2.34. The van der Waals surface area contributed by atoms with Gasteiger partial charge in [0.1, 0.15) is 12.5 Å². The minimum absolute atomic E-state index is 0.105. The van der Waals surface area contributed by atoms with Gasteiger partial charge in [-0.3, -0.25) is 14.5 Å². The summed E-state index contributed by atoms with van der Waals surface area (Å²) in [6, 6.07) is 14.9. The molecule has 6 heteroatoms. The maximum absolute atomic E-state index is 12.3. The van der Waals surface area contributed by atoms with E-state index in [1.54, 1.807) is 24.4 Å². The zero-order valence-electron chi connectivity index (χ0n) is 11.6. The van der Waals surface area contributed by atoms with Crippen LogP contribution in [0.1, 0.15) is 5.56 Å². The molecule has 0 unspecified atom stereocenters. The summed E-state index contributed by atoms with van der Waals surface area (Å²) in [5, 5.41) is 2.68. The summed E-state index contributed by atoms with van der Waals surface area (Å²) in [7, 11) is 0. The summed E-state index contributed by atoms with van der Waals surface area (Å²) in [6.07, 6.45) is 3.37. The summed E-state index contributed by atoms with van der Waals surface area (Å²) >= 11 is 0.950. The van der Waals surface area contributed by atoms with Crippen molar-refractivity contribution in [3.63, 3.8) is 0 Å². The molecule has 1 fully saturated rings. The van der Waals surface area contributed by atoms with Crippen LogP contribution in [0.15, 0.2) is 59.6 Å². The SMILES string of the molecule is O=C1S/C(=C/c2ccccc2)C(=O)N1CNc1ccccn1. The molecule has 1 aliphatic rings. The maximum Gasteiger partial charge on any atom is 0.295 e. The Morgan fingerprint density at radius 2 is 1.86 bits per heavy atom. The number of pyridine rings is 1. The van der Waals surface area contributed by atoms with Crippen LogP contribution in [0.3, 0.4) is 0 Å². The standard InChI is InChI=1S/C16H13N3O2S/c20-15-13(10-12-6-2-1-3-7-12)22-16(21)19(15)11-18-14-8-4-5-9-17-14/h1-10H,11H2,(H,17,18)/b13-10+. The second kappa shape index (κ2) is 6.44. The summed E-state index contributed by atoms with van der Waals surface area (Å²) in [6.45, 7) is 0.105. The molecule has 1 N–H and O–H groups in total. The molecular formula is C16H13N3O2S. The Hall–Kier alpha value is -2.60. The molecule has 1 saturated heterocycles. The van der Waals surface area contributed by atoms with Crippen LogP contribution in [0.25, 0.3) is 6.08 Å². The summed E-state index contributed by atoms with van der Waals surface area (Å²) in [5.41, 5.74) is 0.894. The molecule has 3 rings (SSSR count). The molecule has 110 valence electrons. The number of benzene rings is 1. The number of nitrogens with zero attached hydrogens (tertiary/aromatic N) is 2. The minimum Gasteiger partial charge on any atom is -0.352 e. The first-order valence-corrected chi connectivity index (χ1v) is 7.51. The van der Waals surface area contributed by atoms with E-state index in [1.807, 2.05) is 36.4 Å². The number of anilines is 1. The van der Waals surface area contributed by atoms with Crippen LogP contribution < -0.4 is 5.32 Å². The van der Waals surface area contributed by atoms with Gasteiger partial charge in [0.05, 0.1) is 4.91 Å². The maximum atomic E-state index is 12.3. The van der Waals surface area contributed by atoms with Gasteiger partial charge in [0, 0.05) is 6.20 Å². The highest BCUT2D eigenvalue weighted by molar-refractivity contribution is 8.18. The zero-order chi connectivity index (χ0) is 15.4. The molecule has 2 heterocycles. The monoisotopic (exact) mass is 311 g/mol. The molecule has 0 bridgehead atoms. The van der Waals surface area contributed by atoms with Crippen LogP contribution in [-0.2, 0) is 4.79 Å². The Morgan fingerprint density at radius 1 is 1.09 bits per heavy atom. The van der Waals surface area contributed by atoms with Crippen LogP contribution in [0.2, 0.25) is 0 Å². The third kappa shape index (κ3) is 3.17. The average Bonchev–Trinajstić information content (AvgIpc) is 2.81. The van der Waals surface area contributed by atoms with Crippen LogP contribution in [0.5, 0.6) is 0 Å². The van der Waals surface area contributed by atoms with Gasteiger partial charge in [0.15, 0.2) is 0 Å². The minimum atomic E-state index is -0.290. The zero-order valence-corrected chi connectivity index (χ0v) is 12.4. The third-order valence-electron chi connectivity index (χ3n) is 3.05. The smallest absolute Gasteiger partial charge is 0.295 e. The molecule has 2 amide bonds. The van der Waals surface area contributed by atoms with E-state index < -0.39 is 0 Å². The Bertz CT molecular complexity index is 717. The number of rotatable bonds is 4. The van der Waals surface area contributed by atoms with Crippen molar-refractivity contribution in [3.8, 4) is 0 Å². The number of amides is 2. The molecule has 0 radical (unpaired) electrons. The summed E-state index contributed by atoms with van der Waals surface area (Å²) in [4.78, 5) is 30.0. The molecule has 0 atom stereocenters. The van der Waals surface area contributed by atoms with E-state index in [4.69, 9.17) is 0 Å². The van der Waals surface area contributed by atoms with Crippen molar-refractivity contribution in [1.29, 1.82) is 0 Å². The number of carbonyl (C=O) groups is 2. The van der Waals surface area contributed by atoms with E-state index in [0.717, 1.165) is 17.3 Å². The first kappa shape index (κ1) is 14.3. The molecule has 1 aromatic carbocycles. The number of hydrogen-bond donors (Lipinski definition) is 1. The van der Waals surface area contributed by atoms with Gasteiger partial charge >= 0.3 is 0 Å². The van der Waals surface area contributed by atoms with Crippen molar-refractivity contribution in [1.82, 2.24) is 9.88 Å². The number of hydrogen-bond acceptors (Lipinski definition) is 5. The summed E-state index contributed by atoms with van der Waals surface area (Å²) < 4.78 is 0. The van der Waals surface area contributed by atoms with Gasteiger partial charge in [-0.2, -0.15) is 0 Å². The van der Waals surface area contributed by atoms with E-state index in [1.165, 1.54) is 4.90 Å². The fourth-order valence-corrected chi connectivity index (χ4v) is 2.80. The predicted molar refractivity (Wildman–Crippen MR) is 87.0 cm³/mol. The second-order valence-electron chi connectivity index (χ2n) is 4.57. The topological polar surface area (TPSA) is 62.3 Å². The van der Waals surface area contributed by atoms with Crippen molar-refractivity contribution in [2.45, 2.75) is 0 Å². The molecule has 0 saturated carbocycles. The Labute approximate surface area is 132 Å². The lowest BCUT2D eigenvalue weighted by Gasteiger charge is -2.13. The Kier molecular flexibility index (Phi) is 4.20. The molecule has 1 aromatic heterocycles. The van der Waals surface area contributed by atoms with Crippen molar-refractivity contribution in [3.05, 3.63) is 65.2 Å². The highest BCUT2D eigenvalue weighted by Crippen LogP contribution is 2.31. The average molecular weight is 311 g/mol. The lowest BCUT2D eigenvalue weighted by Crippen LogP contribution is -2.33. The number of imide groups is 1. The Morgan fingerprint density at radius 3 is 2.59 bits per heavy atom. The van der Waals surface area contributed by atoms with E-state index in [-0.39, 0.29) is 17.8 Å². The quantitative estimate of drug-likeness (QED) is 0.879. The predicted octanol–water partition coefficient (Wildman–Crippen LogP) is 3.19. The van der Waals surface area contributed by atoms with Crippen LogP contribution in [0.4, 0.5) is 10.6 Å². The van der Waals surface area contributed by atoms with E-state index in [9.17, 15) is 9.59 Å². The van der Waals surface area contributed by atoms with Gasteiger partial charge in [-0.1, -0.05) is 36.4 Å². The van der Waals surface area contributed by atoms with E-state index in [2.05, 4.69) is 10.3 Å². The van der Waals surface area contributed by atoms with Crippen molar-refractivity contribution in [2.75, 3.05) is 12.0 Å². The molecule has 2 aromatic rings. The first-order valence-electron chi connectivity index (χ1n) is 6.69. The van der Waals surface area contributed by atoms with Gasteiger partial charge < -0.3 is 5.32 Å². The number of carbonyl (C=O) groups excluding carboxylic acids is 2. The summed E-state index contributed by atoms with van der Waals surface area (Å²) in [5.74, 6) is 0.330. The molecule has 1 aliphatic heterocycles. The normalized spacial score (nSPS) is 16.4. The van der Waals surface area contributed by atoms with E-state index >= 15 is 0 Å². The van der Waals surface area contributed by atoms with Gasteiger partial charge in [0.2, 0.25) is 0 Å². The number of thioether (sulfide) groups is 1. The molecule has 22 heavy (non-hydrogen) atoms. The fraction of sp³-hybridized carbons (Fsp3) is 0.0625. The highest BCUT2D eigenvalue weighted by atomic mass is 32.2. The number of aromatic nitrogens is 1. The van der Waals surface area contributed by atoms with Gasteiger partial charge in [-0.25, -0.2) is 4.98 Å². The van der Waals surface area contributed by atoms with Gasteiger partial charge in [-0.05, 0) is 35.5 Å².